The number of hydrogen-bond donors (Lipinski definition) is 2. The molecule has 0 aromatic heterocycles. The first-order valence-corrected chi connectivity index (χ1v) is 7.34. The highest BCUT2D eigenvalue weighted by atomic mass is 16.3. The minimum absolute atomic E-state index is 0.218. The Bertz CT molecular complexity index is 377. The van der Waals surface area contributed by atoms with Crippen molar-refractivity contribution in [3.8, 4) is 0 Å². The second-order valence-corrected chi connectivity index (χ2v) is 5.62. The molecule has 0 amide bonds. The quantitative estimate of drug-likeness (QED) is 0.846. The van der Waals surface area contributed by atoms with Gasteiger partial charge in [-0.2, -0.15) is 0 Å². The molecule has 2 rings (SSSR count). The maximum atomic E-state index is 8.93. The van der Waals surface area contributed by atoms with Crippen molar-refractivity contribution >= 4 is 0 Å². The highest BCUT2D eigenvalue weighted by molar-refractivity contribution is 5.26. The highest BCUT2D eigenvalue weighted by Crippen LogP contribution is 2.26. The summed E-state index contributed by atoms with van der Waals surface area (Å²) < 4.78 is 0. The molecule has 1 fully saturated rings. The van der Waals surface area contributed by atoms with Gasteiger partial charge in [-0.15, -0.1) is 0 Å². The van der Waals surface area contributed by atoms with Gasteiger partial charge in [0.2, 0.25) is 0 Å². The molecule has 1 aromatic rings. The summed E-state index contributed by atoms with van der Waals surface area (Å²) in [5, 5.41) is 12.4. The van der Waals surface area contributed by atoms with E-state index < -0.39 is 0 Å². The average Bonchev–Trinajstić information content (AvgIpc) is 2.44. The molecule has 1 heterocycles. The van der Waals surface area contributed by atoms with Crippen LogP contribution in [0.15, 0.2) is 24.3 Å². The second-order valence-electron chi connectivity index (χ2n) is 5.62. The Morgan fingerprint density at radius 2 is 2.00 bits per heavy atom. The zero-order valence-corrected chi connectivity index (χ0v) is 12.1. The Kier molecular flexibility index (Phi) is 5.37. The maximum Gasteiger partial charge on any atom is 0.0556 e. The number of benzene rings is 1. The van der Waals surface area contributed by atoms with E-state index in [0.717, 1.165) is 25.9 Å². The van der Waals surface area contributed by atoms with Crippen molar-refractivity contribution in [3.63, 3.8) is 0 Å². The van der Waals surface area contributed by atoms with Crippen molar-refractivity contribution in [1.82, 2.24) is 10.2 Å². The van der Waals surface area contributed by atoms with Gasteiger partial charge in [0.25, 0.3) is 0 Å². The Morgan fingerprint density at radius 3 is 2.63 bits per heavy atom. The molecule has 0 spiro atoms. The van der Waals surface area contributed by atoms with Gasteiger partial charge in [0.05, 0.1) is 6.61 Å². The van der Waals surface area contributed by atoms with Crippen LogP contribution in [0.1, 0.15) is 30.4 Å². The normalized spacial score (nSPS) is 24.6. The summed E-state index contributed by atoms with van der Waals surface area (Å²) >= 11 is 0. The number of nitrogens with zero attached hydrogens (tertiary/aromatic N) is 1. The average molecular weight is 262 g/mol. The third-order valence-corrected chi connectivity index (χ3v) is 4.04. The Morgan fingerprint density at radius 1 is 1.26 bits per heavy atom. The number of aliphatic hydroxyl groups excluding tert-OH is 1. The van der Waals surface area contributed by atoms with Crippen LogP contribution in [0.4, 0.5) is 0 Å². The number of rotatable bonds is 5. The molecule has 19 heavy (non-hydrogen) atoms. The zero-order valence-electron chi connectivity index (χ0n) is 12.1. The maximum absolute atomic E-state index is 8.93. The second kappa shape index (κ2) is 7.04. The van der Waals surface area contributed by atoms with E-state index in [-0.39, 0.29) is 6.61 Å². The van der Waals surface area contributed by atoms with Crippen LogP contribution in [0.3, 0.4) is 0 Å². The van der Waals surface area contributed by atoms with Crippen LogP contribution < -0.4 is 5.32 Å². The fourth-order valence-electron chi connectivity index (χ4n) is 3.00. The van der Waals surface area contributed by atoms with Gasteiger partial charge in [-0.25, -0.2) is 0 Å². The van der Waals surface area contributed by atoms with Crippen LogP contribution in [0, 0.1) is 0 Å². The molecule has 1 aromatic carbocycles. The van der Waals surface area contributed by atoms with Crippen molar-refractivity contribution in [2.45, 2.75) is 31.7 Å². The predicted octanol–water partition coefficient (Wildman–Crippen LogP) is 1.62. The van der Waals surface area contributed by atoms with Gasteiger partial charge in [-0.1, -0.05) is 31.2 Å². The van der Waals surface area contributed by atoms with Crippen LogP contribution >= 0.6 is 0 Å². The van der Waals surface area contributed by atoms with Gasteiger partial charge >= 0.3 is 0 Å². The summed E-state index contributed by atoms with van der Waals surface area (Å²) in [5.74, 6) is 0.598. The van der Waals surface area contributed by atoms with E-state index in [0.29, 0.717) is 18.5 Å². The van der Waals surface area contributed by atoms with E-state index in [9.17, 15) is 0 Å². The standard InChI is InChI=1S/C16H26N2O/c1-3-13-4-6-14(7-5-13)15-10-16(17-8-9-19)12-18(2)11-15/h4-7,15-17,19H,3,8-12H2,1-2H3. The first-order chi connectivity index (χ1) is 9.22. The van der Waals surface area contributed by atoms with Gasteiger partial charge in [0.1, 0.15) is 0 Å². The van der Waals surface area contributed by atoms with Crippen molar-refractivity contribution in [1.29, 1.82) is 0 Å². The van der Waals surface area contributed by atoms with E-state index in [1.807, 2.05) is 0 Å². The minimum atomic E-state index is 0.218. The number of aliphatic hydroxyl groups is 1. The summed E-state index contributed by atoms with van der Waals surface area (Å²) in [6.07, 6.45) is 2.27. The molecule has 3 nitrogen and oxygen atoms in total. The van der Waals surface area contributed by atoms with E-state index in [2.05, 4.69) is 48.5 Å². The van der Waals surface area contributed by atoms with Crippen LogP contribution in [0.5, 0.6) is 0 Å². The zero-order chi connectivity index (χ0) is 13.7. The largest absolute Gasteiger partial charge is 0.395 e. The van der Waals surface area contributed by atoms with Crippen molar-refractivity contribution in [2.24, 2.45) is 0 Å². The molecule has 2 N–H and O–H groups in total. The summed E-state index contributed by atoms with van der Waals surface area (Å²) in [5.41, 5.74) is 2.85. The van der Waals surface area contributed by atoms with Crippen LogP contribution in [0.2, 0.25) is 0 Å². The third kappa shape index (κ3) is 4.03. The Balaban J connectivity index is 2.01. The van der Waals surface area contributed by atoms with Crippen LogP contribution in [0.25, 0.3) is 0 Å². The summed E-state index contributed by atoms with van der Waals surface area (Å²) in [7, 11) is 2.18. The number of hydrogen-bond acceptors (Lipinski definition) is 3. The lowest BCUT2D eigenvalue weighted by atomic mass is 9.87. The van der Waals surface area contributed by atoms with Gasteiger partial charge in [0, 0.05) is 25.7 Å². The van der Waals surface area contributed by atoms with E-state index in [1.165, 1.54) is 11.1 Å². The van der Waals surface area contributed by atoms with Gasteiger partial charge in [0.15, 0.2) is 0 Å². The first-order valence-electron chi connectivity index (χ1n) is 7.34. The fraction of sp³-hybridized carbons (Fsp3) is 0.625. The third-order valence-electron chi connectivity index (χ3n) is 4.04. The van der Waals surface area contributed by atoms with Crippen molar-refractivity contribution in [3.05, 3.63) is 35.4 Å². The number of piperidine rings is 1. The lowest BCUT2D eigenvalue weighted by Gasteiger charge is -2.36. The van der Waals surface area contributed by atoms with Gasteiger partial charge in [-0.3, -0.25) is 0 Å². The first kappa shape index (κ1) is 14.5. The van der Waals surface area contributed by atoms with Crippen molar-refractivity contribution < 1.29 is 5.11 Å². The van der Waals surface area contributed by atoms with Crippen LogP contribution in [-0.2, 0) is 6.42 Å². The molecule has 2 unspecified atom stereocenters. The predicted molar refractivity (Wildman–Crippen MR) is 79.6 cm³/mol. The summed E-state index contributed by atoms with van der Waals surface area (Å²) in [4.78, 5) is 2.39. The molecule has 2 atom stereocenters. The molecule has 3 heteroatoms. The molecular weight excluding hydrogens is 236 g/mol. The SMILES string of the molecule is CCc1ccc(C2CC(NCCO)CN(C)C2)cc1. The molecule has 1 aliphatic heterocycles. The monoisotopic (exact) mass is 262 g/mol. The van der Waals surface area contributed by atoms with Crippen LogP contribution in [-0.4, -0.2) is 49.3 Å². The number of likely N-dealkylation sites (N-methyl/N-ethyl adjacent to an activating group) is 1. The molecule has 0 bridgehead atoms. The summed E-state index contributed by atoms with van der Waals surface area (Å²) in [6, 6.07) is 9.55. The summed E-state index contributed by atoms with van der Waals surface area (Å²) in [6.45, 7) is 5.31. The van der Waals surface area contributed by atoms with E-state index in [1.54, 1.807) is 0 Å². The highest BCUT2D eigenvalue weighted by Gasteiger charge is 2.25. The van der Waals surface area contributed by atoms with Crippen molar-refractivity contribution in [2.75, 3.05) is 33.3 Å². The number of nitrogens with one attached hydrogen (secondary N) is 1. The lowest BCUT2D eigenvalue weighted by Crippen LogP contribution is -2.47. The molecule has 0 aliphatic carbocycles. The molecule has 1 saturated heterocycles. The Labute approximate surface area is 116 Å². The molecule has 106 valence electrons. The molecule has 1 aliphatic rings. The Hall–Kier alpha value is -0.900. The van der Waals surface area contributed by atoms with Gasteiger partial charge in [-0.05, 0) is 36.9 Å². The number of likely N-dealkylation sites (tertiary alicyclic amines) is 1. The van der Waals surface area contributed by atoms with E-state index >= 15 is 0 Å². The lowest BCUT2D eigenvalue weighted by molar-refractivity contribution is 0.194. The topological polar surface area (TPSA) is 35.5 Å². The smallest absolute Gasteiger partial charge is 0.0556 e. The van der Waals surface area contributed by atoms with E-state index in [4.69, 9.17) is 5.11 Å². The molecule has 0 saturated carbocycles. The molecule has 0 radical (unpaired) electrons. The van der Waals surface area contributed by atoms with Gasteiger partial charge < -0.3 is 15.3 Å². The molecular formula is C16H26N2O. The minimum Gasteiger partial charge on any atom is -0.395 e. The fourth-order valence-corrected chi connectivity index (χ4v) is 3.00. The number of aryl methyl sites for hydroxylation is 1.